The number of ether oxygens (including phenoxy) is 1. The SMILES string of the molecule is CC1CN(C(=O)OCc2ccc(NC(=O)[C@H](CCCNC(N)=O)NC(=O)[C@@H](NC(=O)CCCCCN3C(=O)CC(C)C3=O)C(C)C)cc2)C1. The molecule has 15 heteroatoms. The van der Waals surface area contributed by atoms with Gasteiger partial charge < -0.3 is 36.6 Å². The van der Waals surface area contributed by atoms with Crippen molar-refractivity contribution < 1.29 is 38.3 Å². The third-order valence-corrected chi connectivity index (χ3v) is 8.53. The van der Waals surface area contributed by atoms with Crippen molar-refractivity contribution >= 4 is 47.3 Å². The van der Waals surface area contributed by atoms with Crippen molar-refractivity contribution in [3.8, 4) is 0 Å². The zero-order valence-electron chi connectivity index (χ0n) is 28.9. The van der Waals surface area contributed by atoms with Crippen LogP contribution < -0.4 is 27.0 Å². The molecule has 2 fully saturated rings. The molecule has 0 aliphatic carbocycles. The zero-order valence-corrected chi connectivity index (χ0v) is 28.9. The minimum Gasteiger partial charge on any atom is -0.445 e. The fraction of sp³-hybridized carbons (Fsp3) is 0.618. The van der Waals surface area contributed by atoms with Crippen LogP contribution in [0.15, 0.2) is 24.3 Å². The number of unbranched alkanes of at least 4 members (excludes halogenated alkanes) is 2. The maximum Gasteiger partial charge on any atom is 0.410 e. The average Bonchev–Trinajstić information content (AvgIpc) is 3.27. The molecule has 1 aromatic carbocycles. The summed E-state index contributed by atoms with van der Waals surface area (Å²) >= 11 is 0. The van der Waals surface area contributed by atoms with Crippen molar-refractivity contribution in [2.45, 2.75) is 91.3 Å². The lowest BCUT2D eigenvalue weighted by molar-refractivity contribution is -0.139. The Hall–Kier alpha value is -4.69. The van der Waals surface area contributed by atoms with Crippen LogP contribution in [0.25, 0.3) is 0 Å². The highest BCUT2D eigenvalue weighted by atomic mass is 16.6. The van der Waals surface area contributed by atoms with E-state index in [-0.39, 0.29) is 68.1 Å². The summed E-state index contributed by atoms with van der Waals surface area (Å²) in [6.07, 6.45) is 2.28. The molecule has 2 aliphatic rings. The third kappa shape index (κ3) is 12.4. The summed E-state index contributed by atoms with van der Waals surface area (Å²) in [7, 11) is 0. The van der Waals surface area contributed by atoms with E-state index in [1.807, 2.05) is 0 Å². The van der Waals surface area contributed by atoms with Gasteiger partial charge in [-0.2, -0.15) is 0 Å². The molecule has 1 aromatic rings. The highest BCUT2D eigenvalue weighted by molar-refractivity contribution is 6.03. The number of likely N-dealkylation sites (tertiary alicyclic amines) is 2. The van der Waals surface area contributed by atoms with E-state index < -0.39 is 29.9 Å². The number of benzene rings is 1. The number of nitrogens with zero attached hydrogens (tertiary/aromatic N) is 2. The Morgan fingerprint density at radius 3 is 2.22 bits per heavy atom. The molecule has 49 heavy (non-hydrogen) atoms. The number of carbonyl (C=O) groups excluding carboxylic acids is 7. The predicted molar refractivity (Wildman–Crippen MR) is 180 cm³/mol. The third-order valence-electron chi connectivity index (χ3n) is 8.53. The van der Waals surface area contributed by atoms with Gasteiger partial charge in [-0.15, -0.1) is 0 Å². The zero-order chi connectivity index (χ0) is 36.1. The van der Waals surface area contributed by atoms with Crippen LogP contribution >= 0.6 is 0 Å². The van der Waals surface area contributed by atoms with Crippen LogP contribution in [0, 0.1) is 17.8 Å². The summed E-state index contributed by atoms with van der Waals surface area (Å²) in [5.74, 6) is -1.77. The first-order chi connectivity index (χ1) is 23.2. The monoisotopic (exact) mass is 685 g/mol. The molecule has 2 saturated heterocycles. The van der Waals surface area contributed by atoms with Gasteiger partial charge in [0.2, 0.25) is 29.5 Å². The van der Waals surface area contributed by atoms with Crippen LogP contribution in [0.2, 0.25) is 0 Å². The number of nitrogens with two attached hydrogens (primary N) is 1. The van der Waals surface area contributed by atoms with E-state index in [2.05, 4.69) is 28.2 Å². The summed E-state index contributed by atoms with van der Waals surface area (Å²) in [6, 6.07) is 4.18. The van der Waals surface area contributed by atoms with Crippen molar-refractivity contribution in [3.63, 3.8) is 0 Å². The summed E-state index contributed by atoms with van der Waals surface area (Å²) in [6.45, 7) is 9.33. The second kappa shape index (κ2) is 18.7. The van der Waals surface area contributed by atoms with Gasteiger partial charge in [-0.25, -0.2) is 9.59 Å². The van der Waals surface area contributed by atoms with Gasteiger partial charge in [0, 0.05) is 50.6 Å². The molecule has 0 aromatic heterocycles. The molecule has 15 nitrogen and oxygen atoms in total. The molecule has 1 unspecified atom stereocenters. The quantitative estimate of drug-likeness (QED) is 0.114. The molecule has 6 N–H and O–H groups in total. The Morgan fingerprint density at radius 2 is 1.63 bits per heavy atom. The molecular weight excluding hydrogens is 634 g/mol. The normalized spacial score (nSPS) is 17.3. The Labute approximate surface area is 287 Å². The Morgan fingerprint density at radius 1 is 0.939 bits per heavy atom. The maximum absolute atomic E-state index is 13.4. The summed E-state index contributed by atoms with van der Waals surface area (Å²) < 4.78 is 5.35. The first-order valence-corrected chi connectivity index (χ1v) is 17.0. The van der Waals surface area contributed by atoms with Crippen molar-refractivity contribution in [1.29, 1.82) is 0 Å². The number of hydrogen-bond donors (Lipinski definition) is 5. The molecule has 2 aliphatic heterocycles. The molecule has 0 saturated carbocycles. The minimum atomic E-state index is -0.987. The number of carbonyl (C=O) groups is 7. The summed E-state index contributed by atoms with van der Waals surface area (Å²) in [5.41, 5.74) is 6.35. The van der Waals surface area contributed by atoms with Gasteiger partial charge in [0.1, 0.15) is 18.7 Å². The van der Waals surface area contributed by atoms with Crippen LogP contribution in [0.1, 0.15) is 78.2 Å². The number of amides is 8. The second-order valence-corrected chi connectivity index (χ2v) is 13.3. The molecule has 8 amide bonds. The van der Waals surface area contributed by atoms with Gasteiger partial charge in [0.05, 0.1) is 0 Å². The number of nitrogens with one attached hydrogen (secondary N) is 4. The van der Waals surface area contributed by atoms with Crippen molar-refractivity contribution in [2.75, 3.05) is 31.5 Å². The van der Waals surface area contributed by atoms with Crippen LogP contribution in [0.3, 0.4) is 0 Å². The van der Waals surface area contributed by atoms with Crippen molar-refractivity contribution in [3.05, 3.63) is 29.8 Å². The standard InChI is InChI=1S/C34H51N7O8/c1-21(2)29(39-27(42)10-6-5-7-16-41-28(43)17-23(4)32(41)46)31(45)38-26(9-8-15-36-33(35)47)30(44)37-25-13-11-24(12-14-25)20-49-34(48)40-18-22(3)19-40/h11-14,21-23,26,29H,5-10,15-20H2,1-4H3,(H,37,44)(H,38,45)(H,39,42)(H3,35,36,47)/t23?,26-,29-/m0/s1. The van der Waals surface area contributed by atoms with Crippen LogP contribution in [0.5, 0.6) is 0 Å². The molecule has 2 heterocycles. The Kier molecular flexibility index (Phi) is 14.8. The van der Waals surface area contributed by atoms with E-state index in [0.29, 0.717) is 56.9 Å². The van der Waals surface area contributed by atoms with Gasteiger partial charge in [0.25, 0.3) is 0 Å². The van der Waals surface area contributed by atoms with Crippen LogP contribution in [-0.4, -0.2) is 89.7 Å². The lowest BCUT2D eigenvalue weighted by Crippen LogP contribution is -2.54. The number of urea groups is 1. The highest BCUT2D eigenvalue weighted by Gasteiger charge is 2.35. The fourth-order valence-electron chi connectivity index (χ4n) is 5.64. The minimum absolute atomic E-state index is 0.0890. The number of rotatable bonds is 18. The van der Waals surface area contributed by atoms with Gasteiger partial charge in [0.15, 0.2) is 0 Å². The van der Waals surface area contributed by atoms with E-state index in [1.54, 1.807) is 49.9 Å². The predicted octanol–water partition coefficient (Wildman–Crippen LogP) is 2.24. The summed E-state index contributed by atoms with van der Waals surface area (Å²) in [5, 5.41) is 10.8. The number of primary amides is 1. The van der Waals surface area contributed by atoms with Crippen LogP contribution in [0.4, 0.5) is 15.3 Å². The van der Waals surface area contributed by atoms with Crippen molar-refractivity contribution in [2.24, 2.45) is 23.5 Å². The van der Waals surface area contributed by atoms with Crippen molar-refractivity contribution in [1.82, 2.24) is 25.8 Å². The smallest absolute Gasteiger partial charge is 0.410 e. The van der Waals surface area contributed by atoms with E-state index in [9.17, 15) is 33.6 Å². The lowest BCUT2D eigenvalue weighted by atomic mass is 10.0. The molecule has 3 atom stereocenters. The van der Waals surface area contributed by atoms with E-state index in [0.717, 1.165) is 5.56 Å². The Bertz CT molecular complexity index is 1350. The van der Waals surface area contributed by atoms with E-state index in [1.165, 1.54) is 4.90 Å². The van der Waals surface area contributed by atoms with E-state index in [4.69, 9.17) is 10.5 Å². The first kappa shape index (κ1) is 38.8. The molecule has 0 spiro atoms. The van der Waals surface area contributed by atoms with E-state index >= 15 is 0 Å². The molecule has 3 rings (SSSR count). The number of hydrogen-bond acceptors (Lipinski definition) is 8. The lowest BCUT2D eigenvalue weighted by Gasteiger charge is -2.35. The van der Waals surface area contributed by atoms with Gasteiger partial charge in [-0.1, -0.05) is 46.2 Å². The largest absolute Gasteiger partial charge is 0.445 e. The molecule has 270 valence electrons. The molecule has 0 radical (unpaired) electrons. The van der Waals surface area contributed by atoms with Gasteiger partial charge >= 0.3 is 12.1 Å². The molecular formula is C34H51N7O8. The number of imide groups is 1. The molecule has 0 bridgehead atoms. The number of anilines is 1. The second-order valence-electron chi connectivity index (χ2n) is 13.3. The topological polar surface area (TPSA) is 209 Å². The van der Waals surface area contributed by atoms with Crippen LogP contribution in [-0.2, 0) is 35.3 Å². The highest BCUT2D eigenvalue weighted by Crippen LogP contribution is 2.20. The summed E-state index contributed by atoms with van der Waals surface area (Å²) in [4.78, 5) is 89.7. The Balaban J connectivity index is 1.51. The average molecular weight is 686 g/mol. The fourth-order valence-corrected chi connectivity index (χ4v) is 5.64. The first-order valence-electron chi connectivity index (χ1n) is 17.0. The maximum atomic E-state index is 13.4. The van der Waals surface area contributed by atoms with Gasteiger partial charge in [-0.3, -0.25) is 28.9 Å². The van der Waals surface area contributed by atoms with Gasteiger partial charge in [-0.05, 0) is 55.2 Å².